The van der Waals surface area contributed by atoms with E-state index in [4.69, 9.17) is 17.3 Å². The third kappa shape index (κ3) is 3.26. The molecule has 1 aliphatic carbocycles. The quantitative estimate of drug-likeness (QED) is 0.662. The first-order valence-corrected chi connectivity index (χ1v) is 6.87. The minimum absolute atomic E-state index is 0.000688. The molecule has 20 heavy (non-hydrogen) atoms. The molecule has 0 heterocycles. The summed E-state index contributed by atoms with van der Waals surface area (Å²) in [5.41, 5.74) is 6.22. The number of hydrogen-bond acceptors (Lipinski definition) is 4. The highest BCUT2D eigenvalue weighted by Gasteiger charge is 2.28. The van der Waals surface area contributed by atoms with Crippen LogP contribution in [0.2, 0.25) is 5.02 Å². The number of nitro groups is 1. The summed E-state index contributed by atoms with van der Waals surface area (Å²) in [6, 6.07) is 4.00. The molecule has 1 aromatic rings. The number of hydrogen-bond donors (Lipinski definition) is 2. The van der Waals surface area contributed by atoms with Gasteiger partial charge in [-0.1, -0.05) is 24.4 Å². The molecule has 0 radical (unpaired) electrons. The van der Waals surface area contributed by atoms with Gasteiger partial charge in [0, 0.05) is 17.8 Å². The lowest BCUT2D eigenvalue weighted by molar-refractivity contribution is -0.384. The number of carbonyl (C=O) groups is 1. The van der Waals surface area contributed by atoms with Crippen molar-refractivity contribution >= 4 is 28.9 Å². The van der Waals surface area contributed by atoms with Crippen LogP contribution >= 0.6 is 11.6 Å². The third-order valence-electron chi connectivity index (χ3n) is 3.57. The monoisotopic (exact) mass is 297 g/mol. The topological polar surface area (TPSA) is 98.3 Å². The maximum absolute atomic E-state index is 12.1. The van der Waals surface area contributed by atoms with Crippen LogP contribution in [0, 0.1) is 16.0 Å². The number of anilines is 1. The summed E-state index contributed by atoms with van der Waals surface area (Å²) in [5, 5.41) is 13.4. The second-order valence-corrected chi connectivity index (χ2v) is 5.37. The van der Waals surface area contributed by atoms with Gasteiger partial charge in [-0.05, 0) is 25.0 Å². The minimum Gasteiger partial charge on any atom is -0.327 e. The summed E-state index contributed by atoms with van der Waals surface area (Å²) in [6.07, 6.45) is 3.66. The molecule has 2 unspecified atom stereocenters. The SMILES string of the molecule is NC1CCCCC1C(=O)Nc1ccc([N+](=O)[O-])c(Cl)c1. The molecule has 0 spiro atoms. The fourth-order valence-electron chi connectivity index (χ4n) is 2.45. The molecule has 7 heteroatoms. The Balaban J connectivity index is 2.08. The first kappa shape index (κ1) is 14.7. The third-order valence-corrected chi connectivity index (χ3v) is 3.87. The van der Waals surface area contributed by atoms with E-state index in [1.165, 1.54) is 18.2 Å². The Morgan fingerprint density at radius 2 is 2.10 bits per heavy atom. The number of benzene rings is 1. The van der Waals surface area contributed by atoms with Crippen LogP contribution in [0.3, 0.4) is 0 Å². The Bertz CT molecular complexity index is 536. The van der Waals surface area contributed by atoms with Crippen molar-refractivity contribution in [3.63, 3.8) is 0 Å². The predicted molar refractivity (Wildman–Crippen MR) is 76.7 cm³/mol. The molecule has 1 aliphatic rings. The van der Waals surface area contributed by atoms with Gasteiger partial charge >= 0.3 is 0 Å². The minimum atomic E-state index is -0.564. The normalized spacial score (nSPS) is 22.3. The molecule has 1 saturated carbocycles. The van der Waals surface area contributed by atoms with Crippen molar-refractivity contribution in [3.8, 4) is 0 Å². The first-order valence-electron chi connectivity index (χ1n) is 6.49. The van der Waals surface area contributed by atoms with Crippen LogP contribution in [0.5, 0.6) is 0 Å². The molecular weight excluding hydrogens is 282 g/mol. The Morgan fingerprint density at radius 3 is 2.70 bits per heavy atom. The zero-order valence-corrected chi connectivity index (χ0v) is 11.6. The fourth-order valence-corrected chi connectivity index (χ4v) is 2.70. The summed E-state index contributed by atoms with van der Waals surface area (Å²) < 4.78 is 0. The zero-order chi connectivity index (χ0) is 14.7. The average molecular weight is 298 g/mol. The van der Waals surface area contributed by atoms with E-state index in [1.807, 2.05) is 0 Å². The van der Waals surface area contributed by atoms with E-state index in [2.05, 4.69) is 5.32 Å². The van der Waals surface area contributed by atoms with Crippen LogP contribution < -0.4 is 11.1 Å². The number of amides is 1. The zero-order valence-electron chi connectivity index (χ0n) is 10.8. The molecule has 1 aromatic carbocycles. The van der Waals surface area contributed by atoms with Gasteiger partial charge in [0.1, 0.15) is 5.02 Å². The van der Waals surface area contributed by atoms with E-state index >= 15 is 0 Å². The van der Waals surface area contributed by atoms with Crippen LogP contribution in [0.4, 0.5) is 11.4 Å². The van der Waals surface area contributed by atoms with E-state index in [0.29, 0.717) is 5.69 Å². The lowest BCUT2D eigenvalue weighted by Crippen LogP contribution is -2.40. The van der Waals surface area contributed by atoms with E-state index in [-0.39, 0.29) is 28.6 Å². The summed E-state index contributed by atoms with van der Waals surface area (Å²) in [4.78, 5) is 22.2. The highest BCUT2D eigenvalue weighted by molar-refractivity contribution is 6.33. The molecule has 0 aliphatic heterocycles. The molecule has 0 saturated heterocycles. The van der Waals surface area contributed by atoms with Crippen molar-refractivity contribution in [2.75, 3.05) is 5.32 Å². The summed E-state index contributed by atoms with van der Waals surface area (Å²) in [6.45, 7) is 0. The molecule has 1 amide bonds. The molecule has 2 rings (SSSR count). The first-order chi connectivity index (χ1) is 9.49. The highest BCUT2D eigenvalue weighted by atomic mass is 35.5. The van der Waals surface area contributed by atoms with Crippen LogP contribution in [0.15, 0.2) is 18.2 Å². The number of nitro benzene ring substituents is 1. The van der Waals surface area contributed by atoms with Crippen molar-refractivity contribution in [1.82, 2.24) is 0 Å². The van der Waals surface area contributed by atoms with Crippen LogP contribution in [0.25, 0.3) is 0 Å². The second kappa shape index (κ2) is 6.19. The maximum Gasteiger partial charge on any atom is 0.288 e. The Morgan fingerprint density at radius 1 is 1.40 bits per heavy atom. The molecule has 1 fully saturated rings. The Kier molecular flexibility index (Phi) is 4.57. The standard InChI is InChI=1S/C13H16ClN3O3/c14-10-7-8(5-6-12(10)17(19)20)16-13(18)9-3-1-2-4-11(9)15/h5-7,9,11H,1-4,15H2,(H,16,18). The summed E-state index contributed by atoms with van der Waals surface area (Å²) in [7, 11) is 0. The Labute approximate surface area is 121 Å². The van der Waals surface area contributed by atoms with Crippen LogP contribution in [-0.2, 0) is 4.79 Å². The van der Waals surface area contributed by atoms with Crippen LogP contribution in [0.1, 0.15) is 25.7 Å². The van der Waals surface area contributed by atoms with Crippen molar-refractivity contribution in [2.24, 2.45) is 11.7 Å². The van der Waals surface area contributed by atoms with Crippen molar-refractivity contribution in [1.29, 1.82) is 0 Å². The second-order valence-electron chi connectivity index (χ2n) is 4.97. The van der Waals surface area contributed by atoms with Crippen LogP contribution in [-0.4, -0.2) is 16.9 Å². The fraction of sp³-hybridized carbons (Fsp3) is 0.462. The van der Waals surface area contributed by atoms with Gasteiger partial charge in [0.15, 0.2) is 0 Å². The molecule has 108 valence electrons. The van der Waals surface area contributed by atoms with Gasteiger partial charge in [0.25, 0.3) is 5.69 Å². The van der Waals surface area contributed by atoms with Gasteiger partial charge in [-0.25, -0.2) is 0 Å². The molecule has 0 bridgehead atoms. The van der Waals surface area contributed by atoms with Crippen molar-refractivity contribution in [2.45, 2.75) is 31.7 Å². The highest BCUT2D eigenvalue weighted by Crippen LogP contribution is 2.29. The lowest BCUT2D eigenvalue weighted by Gasteiger charge is -2.27. The Hall–Kier alpha value is -1.66. The van der Waals surface area contributed by atoms with Crippen molar-refractivity contribution in [3.05, 3.63) is 33.3 Å². The molecule has 6 nitrogen and oxygen atoms in total. The average Bonchev–Trinajstić information content (AvgIpc) is 2.38. The smallest absolute Gasteiger partial charge is 0.288 e. The van der Waals surface area contributed by atoms with Gasteiger partial charge in [-0.2, -0.15) is 0 Å². The van der Waals surface area contributed by atoms with E-state index in [0.717, 1.165) is 25.7 Å². The number of carbonyl (C=O) groups excluding carboxylic acids is 1. The summed E-state index contributed by atoms with van der Waals surface area (Å²) >= 11 is 5.80. The largest absolute Gasteiger partial charge is 0.327 e. The summed E-state index contributed by atoms with van der Waals surface area (Å²) in [5.74, 6) is -0.361. The van der Waals surface area contributed by atoms with Crippen molar-refractivity contribution < 1.29 is 9.72 Å². The number of nitrogens with two attached hydrogens (primary N) is 1. The van der Waals surface area contributed by atoms with Gasteiger partial charge in [0.05, 0.1) is 10.8 Å². The van der Waals surface area contributed by atoms with E-state index < -0.39 is 4.92 Å². The number of nitrogens with one attached hydrogen (secondary N) is 1. The van der Waals surface area contributed by atoms with Gasteiger partial charge in [-0.15, -0.1) is 0 Å². The predicted octanol–water partition coefficient (Wildman–Crippen LogP) is 2.70. The number of halogens is 1. The van der Waals surface area contributed by atoms with Gasteiger partial charge in [0.2, 0.25) is 5.91 Å². The van der Waals surface area contributed by atoms with E-state index in [1.54, 1.807) is 0 Å². The van der Waals surface area contributed by atoms with Gasteiger partial charge < -0.3 is 11.1 Å². The number of nitrogens with zero attached hydrogens (tertiary/aromatic N) is 1. The molecular formula is C13H16ClN3O3. The van der Waals surface area contributed by atoms with E-state index in [9.17, 15) is 14.9 Å². The lowest BCUT2D eigenvalue weighted by atomic mass is 9.84. The van der Waals surface area contributed by atoms with Gasteiger partial charge in [-0.3, -0.25) is 14.9 Å². The molecule has 0 aromatic heterocycles. The number of rotatable bonds is 3. The molecule has 2 atom stereocenters. The molecule has 3 N–H and O–H groups in total. The maximum atomic E-state index is 12.1.